The van der Waals surface area contributed by atoms with Crippen molar-refractivity contribution in [3.63, 3.8) is 0 Å². The highest BCUT2D eigenvalue weighted by Gasteiger charge is 2.09. The first-order valence-corrected chi connectivity index (χ1v) is 5.72. The van der Waals surface area contributed by atoms with Crippen molar-refractivity contribution >= 4 is 17.5 Å². The third-order valence-corrected chi connectivity index (χ3v) is 2.79. The number of rotatable bonds is 2. The summed E-state index contributed by atoms with van der Waals surface area (Å²) in [7, 11) is 0. The Morgan fingerprint density at radius 3 is 2.33 bits per heavy atom. The number of aromatic amines is 1. The second-order valence-electron chi connectivity index (χ2n) is 4.27. The fourth-order valence-corrected chi connectivity index (χ4v) is 1.51. The van der Waals surface area contributed by atoms with Crippen LogP contribution in [0.3, 0.4) is 0 Å². The number of anilines is 2. The van der Waals surface area contributed by atoms with Gasteiger partial charge in [-0.25, -0.2) is 4.79 Å². The third kappa shape index (κ3) is 2.68. The molecule has 0 aliphatic heterocycles. The number of amides is 2. The number of aryl methyl sites for hydroxylation is 2. The summed E-state index contributed by atoms with van der Waals surface area (Å²) >= 11 is 0. The first-order valence-electron chi connectivity index (χ1n) is 5.72. The highest BCUT2D eigenvalue weighted by Crippen LogP contribution is 2.14. The molecule has 2 rings (SSSR count). The maximum absolute atomic E-state index is 11.8. The minimum atomic E-state index is -0.298. The Kier molecular flexibility index (Phi) is 3.32. The number of aromatic nitrogens is 2. The molecule has 0 saturated carbocycles. The lowest BCUT2D eigenvalue weighted by molar-refractivity contribution is 0.262. The van der Waals surface area contributed by atoms with Gasteiger partial charge in [-0.2, -0.15) is 5.10 Å². The number of hydrogen-bond donors (Lipinski definition) is 3. The number of hydrogen-bond acceptors (Lipinski definition) is 2. The van der Waals surface area contributed by atoms with Gasteiger partial charge in [0.25, 0.3) is 0 Å². The molecule has 18 heavy (non-hydrogen) atoms. The van der Waals surface area contributed by atoms with Crippen LogP contribution in [0, 0.1) is 20.8 Å². The van der Waals surface area contributed by atoms with Gasteiger partial charge >= 0.3 is 6.03 Å². The van der Waals surface area contributed by atoms with E-state index in [9.17, 15) is 4.79 Å². The van der Waals surface area contributed by atoms with Gasteiger partial charge in [0.05, 0.1) is 0 Å². The van der Waals surface area contributed by atoms with Gasteiger partial charge in [0, 0.05) is 16.9 Å². The van der Waals surface area contributed by atoms with E-state index in [1.54, 1.807) is 0 Å². The molecule has 0 radical (unpaired) electrons. The average molecular weight is 244 g/mol. The van der Waals surface area contributed by atoms with Crippen molar-refractivity contribution in [3.05, 3.63) is 41.1 Å². The van der Waals surface area contributed by atoms with Crippen LogP contribution < -0.4 is 10.6 Å². The molecule has 0 atom stereocenters. The van der Waals surface area contributed by atoms with E-state index in [0.29, 0.717) is 5.82 Å². The van der Waals surface area contributed by atoms with Crippen molar-refractivity contribution in [3.8, 4) is 0 Å². The maximum atomic E-state index is 11.8. The van der Waals surface area contributed by atoms with Crippen LogP contribution in [0.2, 0.25) is 0 Å². The van der Waals surface area contributed by atoms with Crippen LogP contribution >= 0.6 is 0 Å². The summed E-state index contributed by atoms with van der Waals surface area (Å²) in [4.78, 5) is 11.8. The number of carbonyl (C=O) groups excluding carboxylic acids is 1. The summed E-state index contributed by atoms with van der Waals surface area (Å²) in [5.74, 6) is 0.553. The largest absolute Gasteiger partial charge is 0.324 e. The van der Waals surface area contributed by atoms with E-state index < -0.39 is 0 Å². The molecular weight excluding hydrogens is 228 g/mol. The minimum absolute atomic E-state index is 0.298. The van der Waals surface area contributed by atoms with Crippen LogP contribution in [0.25, 0.3) is 0 Å². The normalized spacial score (nSPS) is 10.2. The smallest absolute Gasteiger partial charge is 0.308 e. The molecule has 1 aromatic carbocycles. The Labute approximate surface area is 106 Å². The minimum Gasteiger partial charge on any atom is -0.308 e. The lowest BCUT2D eigenvalue weighted by Crippen LogP contribution is -2.20. The molecule has 0 aliphatic carbocycles. The molecule has 1 aromatic heterocycles. The molecule has 94 valence electrons. The predicted molar refractivity (Wildman–Crippen MR) is 71.9 cm³/mol. The van der Waals surface area contributed by atoms with Gasteiger partial charge < -0.3 is 5.32 Å². The number of nitrogens with one attached hydrogen (secondary N) is 3. The topological polar surface area (TPSA) is 69.8 Å². The van der Waals surface area contributed by atoms with Crippen LogP contribution in [0.1, 0.15) is 16.8 Å². The highest BCUT2D eigenvalue weighted by molar-refractivity contribution is 5.99. The average Bonchev–Trinajstić information content (AvgIpc) is 2.64. The number of benzene rings is 1. The molecule has 1 heterocycles. The summed E-state index contributed by atoms with van der Waals surface area (Å²) in [6.07, 6.45) is 0. The Morgan fingerprint density at radius 2 is 1.78 bits per heavy atom. The van der Waals surface area contributed by atoms with Gasteiger partial charge in [-0.1, -0.05) is 17.7 Å². The Hall–Kier alpha value is -2.30. The fourth-order valence-electron chi connectivity index (χ4n) is 1.51. The van der Waals surface area contributed by atoms with Crippen molar-refractivity contribution in [2.24, 2.45) is 0 Å². The molecule has 0 bridgehead atoms. The number of carbonyl (C=O) groups is 1. The standard InChI is InChI=1S/C13H16N4O/c1-8-4-6-11(7-5-8)14-13(18)15-12-9(2)10(3)16-17-12/h4-7H,1-3H3,(H3,14,15,16,17,18). The van der Waals surface area contributed by atoms with Crippen molar-refractivity contribution in [2.75, 3.05) is 10.6 Å². The van der Waals surface area contributed by atoms with Crippen LogP contribution in [-0.2, 0) is 0 Å². The molecular formula is C13H16N4O. The van der Waals surface area contributed by atoms with Crippen molar-refractivity contribution in [2.45, 2.75) is 20.8 Å². The lowest BCUT2D eigenvalue weighted by atomic mass is 10.2. The van der Waals surface area contributed by atoms with Crippen LogP contribution in [0.5, 0.6) is 0 Å². The Balaban J connectivity index is 2.01. The van der Waals surface area contributed by atoms with E-state index in [1.807, 2.05) is 45.0 Å². The number of nitrogens with zero attached hydrogens (tertiary/aromatic N) is 1. The zero-order valence-corrected chi connectivity index (χ0v) is 10.7. The quantitative estimate of drug-likeness (QED) is 0.760. The molecule has 0 aliphatic rings. The number of H-pyrrole nitrogens is 1. The van der Waals surface area contributed by atoms with Crippen LogP contribution in [0.15, 0.2) is 24.3 Å². The van der Waals surface area contributed by atoms with E-state index >= 15 is 0 Å². The van der Waals surface area contributed by atoms with Crippen molar-refractivity contribution < 1.29 is 4.79 Å². The number of urea groups is 1. The fraction of sp³-hybridized carbons (Fsp3) is 0.231. The first kappa shape index (κ1) is 12.2. The third-order valence-electron chi connectivity index (χ3n) is 2.79. The summed E-state index contributed by atoms with van der Waals surface area (Å²) < 4.78 is 0. The molecule has 5 nitrogen and oxygen atoms in total. The summed E-state index contributed by atoms with van der Waals surface area (Å²) in [6.45, 7) is 5.81. The van der Waals surface area contributed by atoms with Gasteiger partial charge in [-0.05, 0) is 32.9 Å². The summed E-state index contributed by atoms with van der Waals surface area (Å²) in [5.41, 5.74) is 3.79. The first-order chi connectivity index (χ1) is 8.56. The van der Waals surface area contributed by atoms with E-state index in [4.69, 9.17) is 0 Å². The van der Waals surface area contributed by atoms with E-state index in [0.717, 1.165) is 22.5 Å². The Bertz CT molecular complexity index is 557. The van der Waals surface area contributed by atoms with Crippen LogP contribution in [0.4, 0.5) is 16.3 Å². The monoisotopic (exact) mass is 244 g/mol. The molecule has 0 fully saturated rings. The van der Waals surface area contributed by atoms with Crippen LogP contribution in [-0.4, -0.2) is 16.2 Å². The SMILES string of the molecule is Cc1ccc(NC(=O)Nc2n[nH]c(C)c2C)cc1. The molecule has 3 N–H and O–H groups in total. The van der Waals surface area contributed by atoms with E-state index in [1.165, 1.54) is 0 Å². The second kappa shape index (κ2) is 4.91. The van der Waals surface area contributed by atoms with Gasteiger partial charge in [0.1, 0.15) is 0 Å². The van der Waals surface area contributed by atoms with E-state index in [-0.39, 0.29) is 6.03 Å². The molecule has 2 amide bonds. The van der Waals surface area contributed by atoms with Gasteiger partial charge in [0.2, 0.25) is 0 Å². The molecule has 5 heteroatoms. The van der Waals surface area contributed by atoms with Gasteiger partial charge in [0.15, 0.2) is 5.82 Å². The predicted octanol–water partition coefficient (Wildman–Crippen LogP) is 2.98. The van der Waals surface area contributed by atoms with Crippen molar-refractivity contribution in [1.29, 1.82) is 0 Å². The zero-order valence-electron chi connectivity index (χ0n) is 10.7. The molecule has 0 spiro atoms. The van der Waals surface area contributed by atoms with E-state index in [2.05, 4.69) is 20.8 Å². The molecule has 0 saturated heterocycles. The molecule has 2 aromatic rings. The highest BCUT2D eigenvalue weighted by atomic mass is 16.2. The maximum Gasteiger partial charge on any atom is 0.324 e. The summed E-state index contributed by atoms with van der Waals surface area (Å²) in [5, 5.41) is 12.3. The summed E-state index contributed by atoms with van der Waals surface area (Å²) in [6, 6.07) is 7.31. The Morgan fingerprint density at radius 1 is 1.11 bits per heavy atom. The zero-order chi connectivity index (χ0) is 13.1. The second-order valence-corrected chi connectivity index (χ2v) is 4.27. The van der Waals surface area contributed by atoms with Gasteiger partial charge in [-0.15, -0.1) is 0 Å². The van der Waals surface area contributed by atoms with Gasteiger partial charge in [-0.3, -0.25) is 10.4 Å². The van der Waals surface area contributed by atoms with Crippen molar-refractivity contribution in [1.82, 2.24) is 10.2 Å². The molecule has 0 unspecified atom stereocenters. The lowest BCUT2D eigenvalue weighted by Gasteiger charge is -2.06.